The van der Waals surface area contributed by atoms with Gasteiger partial charge in [0.2, 0.25) is 5.91 Å². The highest BCUT2D eigenvalue weighted by Crippen LogP contribution is 2.33. The molecule has 0 radical (unpaired) electrons. The van der Waals surface area contributed by atoms with E-state index < -0.39 is 68.3 Å². The van der Waals surface area contributed by atoms with Crippen LogP contribution in [0.25, 0.3) is 43.9 Å². The molecule has 37 nitrogen and oxygen atoms in total. The highest BCUT2D eigenvalue weighted by Gasteiger charge is 2.26. The highest BCUT2D eigenvalue weighted by atomic mass is 35.5. The number of ether oxygens (including phenoxy) is 9. The lowest BCUT2D eigenvalue weighted by molar-refractivity contribution is -0.384. The molecule has 134 heavy (non-hydrogen) atoms. The highest BCUT2D eigenvalue weighted by molar-refractivity contribution is 7.35. The zero-order valence-corrected chi connectivity index (χ0v) is 77.1. The van der Waals surface area contributed by atoms with Crippen LogP contribution in [0.5, 0.6) is 17.2 Å². The van der Waals surface area contributed by atoms with E-state index in [-0.39, 0.29) is 164 Å². The van der Waals surface area contributed by atoms with Crippen molar-refractivity contribution in [2.24, 2.45) is 0 Å². The number of fused-ring (bicyclic) bond motifs is 6. The third-order valence-electron chi connectivity index (χ3n) is 17.5. The van der Waals surface area contributed by atoms with Gasteiger partial charge in [-0.05, 0) is 184 Å². The van der Waals surface area contributed by atoms with E-state index in [0.717, 1.165) is 80.4 Å². The van der Waals surface area contributed by atoms with Crippen LogP contribution in [0, 0.1) is 20.2 Å². The first kappa shape index (κ1) is 111. The Hall–Kier alpha value is -15.0. The Kier molecular flexibility index (Phi) is 49.3. The van der Waals surface area contributed by atoms with E-state index in [1.54, 1.807) is 133 Å². The Morgan fingerprint density at radius 1 is 0.425 bits per heavy atom. The summed E-state index contributed by atoms with van der Waals surface area (Å²) in [5.74, 6) is -1.82. The molecule has 716 valence electrons. The van der Waals surface area contributed by atoms with Crippen LogP contribution in [0.1, 0.15) is 128 Å². The number of amides is 1. The lowest BCUT2D eigenvalue weighted by atomic mass is 10.00. The van der Waals surface area contributed by atoms with E-state index in [0.29, 0.717) is 77.6 Å². The minimum Gasteiger partial charge on any atom is -0.508 e. The SMILES string of the molecule is CC(=O)Nc1ccc2c(c1)CC[C@@H](CC(=O)O)O2.CCOC(=O)CC(=O)CC(=O)OCC.CCOC(=O)C[C@@H]1CCc2cc(N)ccc2O1.CCOC(=O)Cc1cc(=O)c2cc([N+](=O)[O-])ccc2o1.CCOC(=O)Cc1cc(=O)c2cc([N+](=O)[O-])ccc2o1.CCOC(=O)Cc1cc(=O)c2ccccc2o1.CCOC(=O)Cc1cc(=O)c2ccccc2o1.CPC.Cl.Oc1ccccc1. The van der Waals surface area contributed by atoms with Crippen molar-refractivity contribution in [1.82, 2.24) is 0 Å². The number of aliphatic carboxylic acids is 1. The molecular formula is C95H106ClN4O33P. The van der Waals surface area contributed by atoms with Crippen molar-refractivity contribution in [3.8, 4) is 17.2 Å². The number of nitro groups is 2. The maximum Gasteiger partial charge on any atom is 0.313 e. The number of para-hydroxylation sites is 3. The number of carboxylic acids is 1. The van der Waals surface area contributed by atoms with Crippen molar-refractivity contribution >= 4 is 147 Å². The first-order valence-electron chi connectivity index (χ1n) is 41.8. The molecule has 5 N–H and O–H groups in total. The van der Waals surface area contributed by atoms with Crippen molar-refractivity contribution in [1.29, 1.82) is 0 Å². The molecule has 0 aliphatic carbocycles. The molecule has 11 aromatic rings. The fraction of sp³-hybridized carbons (Fsp3) is 0.326. The number of carboxylic acid groups (broad SMARTS) is 1. The Morgan fingerprint density at radius 2 is 0.754 bits per heavy atom. The molecule has 13 rings (SSSR count). The summed E-state index contributed by atoms with van der Waals surface area (Å²) in [7, 11) is 1.08. The molecular weight excluding hydrogens is 1790 g/mol. The van der Waals surface area contributed by atoms with Gasteiger partial charge in [0.1, 0.15) is 113 Å². The quantitative estimate of drug-likeness (QED) is 0.00744. The topological polar surface area (TPSA) is 539 Å². The van der Waals surface area contributed by atoms with Crippen LogP contribution < -0.4 is 42.2 Å². The second-order valence-corrected chi connectivity index (χ2v) is 29.0. The average molecular weight is 1900 g/mol. The summed E-state index contributed by atoms with van der Waals surface area (Å²) >= 11 is 0. The number of nitro benzene ring substituents is 2. The Bertz CT molecular complexity index is 5810. The van der Waals surface area contributed by atoms with Crippen LogP contribution in [0.2, 0.25) is 0 Å². The second-order valence-electron chi connectivity index (χ2n) is 28.0. The Balaban J connectivity index is 0.000000321. The number of aromatic hydroxyl groups is 1. The smallest absolute Gasteiger partial charge is 0.313 e. The number of non-ortho nitro benzene ring substituents is 2. The molecule has 6 heterocycles. The minimum absolute atomic E-state index is 0. The summed E-state index contributed by atoms with van der Waals surface area (Å²) in [6.45, 7) is 19.6. The molecule has 4 aromatic heterocycles. The monoisotopic (exact) mass is 1900 g/mol. The summed E-state index contributed by atoms with van der Waals surface area (Å²) in [4.78, 5) is 178. The number of nitrogens with one attached hydrogen (secondary N) is 1. The lowest BCUT2D eigenvalue weighted by Crippen LogP contribution is -2.26. The van der Waals surface area contributed by atoms with Crippen LogP contribution in [0.4, 0.5) is 22.7 Å². The molecule has 0 saturated carbocycles. The van der Waals surface area contributed by atoms with E-state index in [1.165, 1.54) is 43.3 Å². The van der Waals surface area contributed by atoms with Crippen LogP contribution in [0.15, 0.2) is 213 Å². The normalized spacial score (nSPS) is 12.0. The number of hydrogen-bond acceptors (Lipinski definition) is 33. The number of nitrogens with zero attached hydrogens (tertiary/aromatic N) is 2. The predicted octanol–water partition coefficient (Wildman–Crippen LogP) is 14.3. The number of nitrogens with two attached hydrogens (primary N) is 1. The molecule has 2 atom stereocenters. The third kappa shape index (κ3) is 40.2. The van der Waals surface area contributed by atoms with Gasteiger partial charge < -0.3 is 81.6 Å². The number of phenolic OH excluding ortho intramolecular Hbond substituents is 1. The Labute approximate surface area is 775 Å². The number of carbonyl (C=O) groups is 10. The fourth-order valence-corrected chi connectivity index (χ4v) is 12.0. The molecule has 0 bridgehead atoms. The predicted molar refractivity (Wildman–Crippen MR) is 498 cm³/mol. The van der Waals surface area contributed by atoms with Gasteiger partial charge in [-0.25, -0.2) is 0 Å². The van der Waals surface area contributed by atoms with Gasteiger partial charge in [0, 0.05) is 66.8 Å². The molecule has 2 aliphatic heterocycles. The minimum atomic E-state index is -0.849. The van der Waals surface area contributed by atoms with Gasteiger partial charge in [0.15, 0.2) is 27.5 Å². The van der Waals surface area contributed by atoms with E-state index in [9.17, 15) is 87.4 Å². The average Bonchev–Trinajstić information content (AvgIpc) is 0.800. The van der Waals surface area contributed by atoms with Gasteiger partial charge >= 0.3 is 47.8 Å². The molecule has 0 fully saturated rings. The number of nitrogen functional groups attached to an aromatic ring is 1. The van der Waals surface area contributed by atoms with Gasteiger partial charge in [0.05, 0.1) is 90.5 Å². The zero-order chi connectivity index (χ0) is 98.1. The molecule has 0 saturated heterocycles. The molecule has 7 aromatic carbocycles. The summed E-state index contributed by atoms with van der Waals surface area (Å²) in [5.41, 5.74) is 9.12. The first-order valence-corrected chi connectivity index (χ1v) is 43.8. The summed E-state index contributed by atoms with van der Waals surface area (Å²) in [6, 6.07) is 46.0. The van der Waals surface area contributed by atoms with Crippen LogP contribution in [0.3, 0.4) is 0 Å². The number of halogens is 1. The van der Waals surface area contributed by atoms with Crippen molar-refractivity contribution in [2.75, 3.05) is 70.6 Å². The fourth-order valence-electron chi connectivity index (χ4n) is 12.0. The number of Topliss-reactive ketones (excluding diaryl/α,β-unsaturated/α-hetero) is 1. The van der Waals surface area contributed by atoms with Crippen LogP contribution in [-0.2, 0) is 120 Å². The maximum atomic E-state index is 11.9. The maximum absolute atomic E-state index is 11.9. The van der Waals surface area contributed by atoms with Crippen molar-refractivity contribution in [2.45, 2.75) is 145 Å². The Morgan fingerprint density at radius 3 is 1.10 bits per heavy atom. The van der Waals surface area contributed by atoms with E-state index in [1.807, 2.05) is 30.3 Å². The van der Waals surface area contributed by atoms with E-state index in [4.69, 9.17) is 66.8 Å². The summed E-state index contributed by atoms with van der Waals surface area (Å²) < 4.78 is 66.1. The van der Waals surface area contributed by atoms with E-state index in [2.05, 4.69) is 28.1 Å². The number of phenols is 1. The van der Waals surface area contributed by atoms with Gasteiger partial charge in [-0.3, -0.25) is 87.4 Å². The summed E-state index contributed by atoms with van der Waals surface area (Å²) in [6.07, 6.45) is 2.08. The van der Waals surface area contributed by atoms with Gasteiger partial charge in [-0.1, -0.05) is 42.5 Å². The van der Waals surface area contributed by atoms with E-state index >= 15 is 0 Å². The molecule has 2 aliphatic rings. The number of anilines is 2. The number of rotatable bonds is 26. The first-order chi connectivity index (χ1) is 63.6. The number of esters is 7. The van der Waals surface area contributed by atoms with Gasteiger partial charge in [0.25, 0.3) is 11.4 Å². The molecule has 0 spiro atoms. The second kappa shape index (κ2) is 59.3. The third-order valence-corrected chi connectivity index (χ3v) is 17.5. The number of hydrogen-bond donors (Lipinski definition) is 4. The number of ketones is 1. The summed E-state index contributed by atoms with van der Waals surface area (Å²) in [5, 5.41) is 42.6. The van der Waals surface area contributed by atoms with Crippen molar-refractivity contribution < 1.29 is 128 Å². The van der Waals surface area contributed by atoms with Crippen LogP contribution in [-0.4, -0.2) is 151 Å². The standard InChI is InChI=1S/2C13H11NO6.C13H15NO4.C13H17NO3.2C13H12O4.C9H14O5.C6H6O.C2H7P.ClH/c2*1-2-19-13(16)7-9-6-11(15)10-5-8(14(17)18)3-4-12(10)20-9;1-8(15)14-10-3-5-12-9(6-10)2-4-11(18-12)7-13(16)17;1-2-16-13(15)8-11-5-3-9-7-10(14)4-6-12(9)17-11;2*1-2-16-13(15)8-9-7-11(14)10-5-3-4-6-12(10)17-9;1-3-13-8(11)5-7(10)6-9(12)14-4-2;7-6-4-2-1-3-5-6;1-3-2;/h2*3-6H,2,7H2,1H3;3,5-6,11H,2,4,7H2,1H3,(H,14,15)(H,16,17);4,6-7,11H,2-3,5,8,14H2,1H3;2*3-7H,2,8H2,1H3;3-6H2,1-2H3;1-5,7H;3H,1-2H3;1H/t;;2*11-;;;;;;/m..00....../s1. The number of carbonyl (C=O) groups excluding carboxylic acids is 9. The molecule has 39 heteroatoms. The number of aryl methyl sites for hydroxylation is 2. The molecule has 1 amide bonds. The zero-order valence-electron chi connectivity index (χ0n) is 75.3. The number of benzene rings is 7. The molecule has 0 unspecified atom stereocenters. The van der Waals surface area contributed by atoms with Gasteiger partial charge in [-0.15, -0.1) is 21.0 Å². The lowest BCUT2D eigenvalue weighted by Gasteiger charge is -2.25. The largest absolute Gasteiger partial charge is 0.508 e. The van der Waals surface area contributed by atoms with Crippen molar-refractivity contribution in [3.05, 3.63) is 271 Å². The van der Waals surface area contributed by atoms with Crippen molar-refractivity contribution in [3.63, 3.8) is 0 Å². The van der Waals surface area contributed by atoms with Crippen LogP contribution >= 0.6 is 21.0 Å². The van der Waals surface area contributed by atoms with Gasteiger partial charge in [-0.2, -0.15) is 0 Å².